The first-order valence-electron chi connectivity index (χ1n) is 4.51. The fourth-order valence-corrected chi connectivity index (χ4v) is 1.56. The van der Waals surface area contributed by atoms with Crippen LogP contribution in [0.2, 0.25) is 0 Å². The molecule has 0 saturated carbocycles. The maximum atomic E-state index is 4.12. The molecule has 0 aromatic carbocycles. The highest BCUT2D eigenvalue weighted by molar-refractivity contribution is 5.02. The Morgan fingerprint density at radius 2 is 2.17 bits per heavy atom. The van der Waals surface area contributed by atoms with Gasteiger partial charge in [0, 0.05) is 19.2 Å². The third-order valence-electron chi connectivity index (χ3n) is 2.24. The molecule has 0 fully saturated rings. The van der Waals surface area contributed by atoms with Crippen molar-refractivity contribution in [1.29, 1.82) is 0 Å². The summed E-state index contributed by atoms with van der Waals surface area (Å²) in [6.07, 6.45) is 3.14. The Bertz CT molecular complexity index is 240. The molecule has 1 unspecified atom stereocenters. The van der Waals surface area contributed by atoms with Gasteiger partial charge in [0.1, 0.15) is 0 Å². The normalized spacial score (nSPS) is 13.8. The van der Waals surface area contributed by atoms with Crippen LogP contribution in [-0.4, -0.2) is 15.0 Å². The fourth-order valence-electron chi connectivity index (χ4n) is 1.56. The van der Waals surface area contributed by atoms with Crippen molar-refractivity contribution in [3.8, 4) is 0 Å². The van der Waals surface area contributed by atoms with Gasteiger partial charge in [-0.15, -0.1) is 5.10 Å². The van der Waals surface area contributed by atoms with Gasteiger partial charge in [0.05, 0.1) is 5.69 Å². The lowest BCUT2D eigenvalue weighted by molar-refractivity contribution is 0.474. The van der Waals surface area contributed by atoms with Crippen LogP contribution in [-0.2, 0) is 7.05 Å². The quantitative estimate of drug-likeness (QED) is 0.689. The van der Waals surface area contributed by atoms with Crippen molar-refractivity contribution in [2.75, 3.05) is 0 Å². The Balaban J connectivity index is 2.80. The Hall–Kier alpha value is -0.860. The number of aromatic nitrogens is 3. The second-order valence-corrected chi connectivity index (χ2v) is 3.58. The van der Waals surface area contributed by atoms with Gasteiger partial charge in [-0.05, 0) is 12.3 Å². The van der Waals surface area contributed by atoms with E-state index < -0.39 is 0 Å². The summed E-state index contributed by atoms with van der Waals surface area (Å²) < 4.78 is 1.76. The Morgan fingerprint density at radius 3 is 2.50 bits per heavy atom. The summed E-state index contributed by atoms with van der Waals surface area (Å²) >= 11 is 0. The van der Waals surface area contributed by atoms with E-state index in [0.29, 0.717) is 11.8 Å². The number of hydrogen-bond donors (Lipinski definition) is 0. The van der Waals surface area contributed by atoms with E-state index in [0.717, 1.165) is 12.1 Å². The largest absolute Gasteiger partial charge is 0.255 e. The molecule has 0 spiro atoms. The molecule has 1 atom stereocenters. The fraction of sp³-hybridized carbons (Fsp3) is 0.778. The van der Waals surface area contributed by atoms with Gasteiger partial charge >= 0.3 is 0 Å². The van der Waals surface area contributed by atoms with Crippen LogP contribution in [0.25, 0.3) is 0 Å². The van der Waals surface area contributed by atoms with Crippen molar-refractivity contribution in [2.24, 2.45) is 13.0 Å². The van der Waals surface area contributed by atoms with Crippen LogP contribution < -0.4 is 0 Å². The molecular weight excluding hydrogens is 150 g/mol. The van der Waals surface area contributed by atoms with E-state index in [1.807, 2.05) is 13.2 Å². The van der Waals surface area contributed by atoms with E-state index in [4.69, 9.17) is 0 Å². The molecule has 1 heterocycles. The van der Waals surface area contributed by atoms with Crippen LogP contribution in [0.4, 0.5) is 0 Å². The van der Waals surface area contributed by atoms with Crippen molar-refractivity contribution in [3.63, 3.8) is 0 Å². The first-order chi connectivity index (χ1) is 5.65. The van der Waals surface area contributed by atoms with Gasteiger partial charge in [-0.3, -0.25) is 4.68 Å². The number of nitrogens with zero attached hydrogens (tertiary/aromatic N) is 3. The molecule has 1 rings (SSSR count). The smallest absolute Gasteiger partial charge is 0.0860 e. The Kier molecular flexibility index (Phi) is 2.84. The van der Waals surface area contributed by atoms with Gasteiger partial charge in [-0.2, -0.15) is 0 Å². The highest BCUT2D eigenvalue weighted by Gasteiger charge is 2.16. The molecule has 3 nitrogen and oxygen atoms in total. The molecule has 0 N–H and O–H groups in total. The summed E-state index contributed by atoms with van der Waals surface area (Å²) in [5.74, 6) is 1.20. The number of hydrogen-bond acceptors (Lipinski definition) is 2. The lowest BCUT2D eigenvalue weighted by atomic mass is 9.91. The van der Waals surface area contributed by atoms with Gasteiger partial charge in [0.25, 0.3) is 0 Å². The van der Waals surface area contributed by atoms with E-state index in [2.05, 4.69) is 31.1 Å². The average Bonchev–Trinajstić information content (AvgIpc) is 2.37. The molecule has 0 aliphatic carbocycles. The predicted octanol–water partition coefficient (Wildman–Crippen LogP) is 1.96. The van der Waals surface area contributed by atoms with Crippen LogP contribution in [0.3, 0.4) is 0 Å². The number of rotatable bonds is 3. The molecule has 1 aromatic heterocycles. The minimum atomic E-state index is 0.554. The SMILES string of the molecule is CCC(c1cn(C)nn1)C(C)C. The molecule has 1 aromatic rings. The zero-order valence-corrected chi connectivity index (χ0v) is 8.28. The van der Waals surface area contributed by atoms with E-state index in [-0.39, 0.29) is 0 Å². The summed E-state index contributed by atoms with van der Waals surface area (Å²) in [7, 11) is 1.91. The minimum absolute atomic E-state index is 0.554. The third-order valence-corrected chi connectivity index (χ3v) is 2.24. The van der Waals surface area contributed by atoms with Crippen molar-refractivity contribution in [3.05, 3.63) is 11.9 Å². The monoisotopic (exact) mass is 167 g/mol. The average molecular weight is 167 g/mol. The van der Waals surface area contributed by atoms with Crippen molar-refractivity contribution >= 4 is 0 Å². The van der Waals surface area contributed by atoms with E-state index >= 15 is 0 Å². The summed E-state index contributed by atoms with van der Waals surface area (Å²) in [5.41, 5.74) is 1.12. The second-order valence-electron chi connectivity index (χ2n) is 3.58. The molecule has 0 aliphatic heterocycles. The third kappa shape index (κ3) is 1.84. The minimum Gasteiger partial charge on any atom is -0.255 e. The van der Waals surface area contributed by atoms with Crippen LogP contribution >= 0.6 is 0 Å². The number of aryl methyl sites for hydroxylation is 1. The molecule has 0 radical (unpaired) electrons. The summed E-state index contributed by atoms with van der Waals surface area (Å²) in [6.45, 7) is 6.64. The van der Waals surface area contributed by atoms with Crippen molar-refractivity contribution in [1.82, 2.24) is 15.0 Å². The van der Waals surface area contributed by atoms with Crippen LogP contribution in [0.1, 0.15) is 38.8 Å². The van der Waals surface area contributed by atoms with Crippen LogP contribution in [0.5, 0.6) is 0 Å². The summed E-state index contributed by atoms with van der Waals surface area (Å²) in [6, 6.07) is 0. The first kappa shape index (κ1) is 9.23. The standard InChI is InChI=1S/C9H17N3/c1-5-8(7(2)3)9-6-12(4)11-10-9/h6-8H,5H2,1-4H3. The topological polar surface area (TPSA) is 30.7 Å². The molecule has 0 aliphatic rings. The molecule has 0 saturated heterocycles. The highest BCUT2D eigenvalue weighted by Crippen LogP contribution is 2.24. The van der Waals surface area contributed by atoms with Gasteiger partial charge < -0.3 is 0 Å². The van der Waals surface area contributed by atoms with Gasteiger partial charge in [-0.25, -0.2) is 0 Å². The van der Waals surface area contributed by atoms with Crippen molar-refractivity contribution < 1.29 is 0 Å². The second kappa shape index (κ2) is 3.70. The Morgan fingerprint density at radius 1 is 1.50 bits per heavy atom. The maximum absolute atomic E-state index is 4.12. The van der Waals surface area contributed by atoms with Crippen molar-refractivity contribution in [2.45, 2.75) is 33.1 Å². The summed E-state index contributed by atoms with van der Waals surface area (Å²) in [4.78, 5) is 0. The van der Waals surface area contributed by atoms with Crippen LogP contribution in [0.15, 0.2) is 6.20 Å². The lowest BCUT2D eigenvalue weighted by Gasteiger charge is -2.15. The Labute approximate surface area is 73.8 Å². The molecule has 68 valence electrons. The first-order valence-corrected chi connectivity index (χ1v) is 4.51. The molecule has 0 amide bonds. The maximum Gasteiger partial charge on any atom is 0.0860 e. The van der Waals surface area contributed by atoms with Gasteiger partial charge in [-0.1, -0.05) is 26.0 Å². The highest BCUT2D eigenvalue weighted by atomic mass is 15.4. The molecular formula is C9H17N3. The molecule has 3 heteroatoms. The van der Waals surface area contributed by atoms with Gasteiger partial charge in [0.2, 0.25) is 0 Å². The predicted molar refractivity (Wildman–Crippen MR) is 48.9 cm³/mol. The zero-order chi connectivity index (χ0) is 9.14. The van der Waals surface area contributed by atoms with E-state index in [1.54, 1.807) is 4.68 Å². The molecule has 12 heavy (non-hydrogen) atoms. The molecule has 0 bridgehead atoms. The van der Waals surface area contributed by atoms with Crippen LogP contribution in [0, 0.1) is 5.92 Å². The zero-order valence-electron chi connectivity index (χ0n) is 8.28. The van der Waals surface area contributed by atoms with E-state index in [9.17, 15) is 0 Å². The van der Waals surface area contributed by atoms with Gasteiger partial charge in [0.15, 0.2) is 0 Å². The summed E-state index contributed by atoms with van der Waals surface area (Å²) in [5, 5.41) is 8.06. The lowest BCUT2D eigenvalue weighted by Crippen LogP contribution is -2.05. The van der Waals surface area contributed by atoms with E-state index in [1.165, 1.54) is 0 Å².